The van der Waals surface area contributed by atoms with Crippen LogP contribution in [0.3, 0.4) is 0 Å². The van der Waals surface area contributed by atoms with Crippen LogP contribution >= 0.6 is 11.8 Å². The lowest BCUT2D eigenvalue weighted by molar-refractivity contribution is 0.135. The maximum atomic E-state index is 10.5. The zero-order valence-electron chi connectivity index (χ0n) is 10.9. The van der Waals surface area contributed by atoms with E-state index in [1.54, 1.807) is 0 Å². The van der Waals surface area contributed by atoms with Crippen molar-refractivity contribution in [2.45, 2.75) is 50.4 Å². The molecule has 2 heteroatoms. The van der Waals surface area contributed by atoms with E-state index in [-0.39, 0.29) is 10.9 Å². The number of rotatable bonds is 3. The minimum atomic E-state index is -0.337. The molecule has 2 rings (SSSR count). The molecule has 0 aliphatic carbocycles. The predicted molar refractivity (Wildman–Crippen MR) is 75.6 cm³/mol. The van der Waals surface area contributed by atoms with E-state index in [2.05, 4.69) is 45.0 Å². The van der Waals surface area contributed by atoms with Crippen molar-refractivity contribution in [3.8, 4) is 0 Å². The summed E-state index contributed by atoms with van der Waals surface area (Å²) in [6.45, 7) is 6.57. The molecule has 1 saturated heterocycles. The maximum absolute atomic E-state index is 10.5. The van der Waals surface area contributed by atoms with Crippen molar-refractivity contribution in [2.24, 2.45) is 0 Å². The Hall–Kier alpha value is -0.470. The Morgan fingerprint density at radius 3 is 2.24 bits per heavy atom. The lowest BCUT2D eigenvalue weighted by Crippen LogP contribution is -2.26. The Labute approximate surface area is 109 Å². The van der Waals surface area contributed by atoms with Crippen LogP contribution in [0.25, 0.3) is 0 Å². The highest BCUT2D eigenvalue weighted by Gasteiger charge is 2.37. The first-order valence-electron chi connectivity index (χ1n) is 6.45. The summed E-state index contributed by atoms with van der Waals surface area (Å²) in [6, 6.07) is 8.46. The van der Waals surface area contributed by atoms with E-state index >= 15 is 0 Å². The summed E-state index contributed by atoms with van der Waals surface area (Å²) >= 11 is 1.91. The van der Waals surface area contributed by atoms with Gasteiger partial charge >= 0.3 is 0 Å². The fourth-order valence-electron chi connectivity index (χ4n) is 2.43. The number of hydrogen-bond donors (Lipinski definition) is 1. The number of aliphatic hydroxyl groups is 1. The van der Waals surface area contributed by atoms with Crippen molar-refractivity contribution < 1.29 is 5.11 Å². The van der Waals surface area contributed by atoms with Gasteiger partial charge in [-0.25, -0.2) is 0 Å². The van der Waals surface area contributed by atoms with Crippen LogP contribution in [0.15, 0.2) is 24.3 Å². The predicted octanol–water partition coefficient (Wildman–Crippen LogP) is 4.13. The Morgan fingerprint density at radius 2 is 1.76 bits per heavy atom. The summed E-state index contributed by atoms with van der Waals surface area (Å²) in [5, 5.41) is 10.5. The molecule has 1 aromatic carbocycles. The molecule has 0 aromatic heterocycles. The monoisotopic (exact) mass is 250 g/mol. The summed E-state index contributed by atoms with van der Waals surface area (Å²) in [4.78, 5) is 0. The van der Waals surface area contributed by atoms with E-state index in [4.69, 9.17) is 0 Å². The van der Waals surface area contributed by atoms with Gasteiger partial charge in [0.05, 0.1) is 6.10 Å². The minimum absolute atomic E-state index is 0.0132. The molecule has 1 heterocycles. The number of hydrogen-bond acceptors (Lipinski definition) is 2. The van der Waals surface area contributed by atoms with Gasteiger partial charge in [-0.1, -0.05) is 38.1 Å². The van der Waals surface area contributed by atoms with Gasteiger partial charge in [0.15, 0.2) is 0 Å². The molecule has 1 aliphatic heterocycles. The molecule has 2 atom stereocenters. The van der Waals surface area contributed by atoms with E-state index in [1.807, 2.05) is 11.8 Å². The van der Waals surface area contributed by atoms with Crippen LogP contribution in [0.2, 0.25) is 0 Å². The van der Waals surface area contributed by atoms with Crippen molar-refractivity contribution in [3.05, 3.63) is 35.4 Å². The van der Waals surface area contributed by atoms with Crippen molar-refractivity contribution in [2.75, 3.05) is 5.75 Å². The Kier molecular flexibility index (Phi) is 3.84. The summed E-state index contributed by atoms with van der Waals surface area (Å²) < 4.78 is 0.0132. The van der Waals surface area contributed by atoms with Gasteiger partial charge < -0.3 is 5.11 Å². The largest absolute Gasteiger partial charge is 0.387 e. The second kappa shape index (κ2) is 5.03. The summed E-state index contributed by atoms with van der Waals surface area (Å²) in [7, 11) is 0. The average molecular weight is 250 g/mol. The van der Waals surface area contributed by atoms with Crippen LogP contribution in [0.5, 0.6) is 0 Å². The Balaban J connectivity index is 2.16. The molecule has 94 valence electrons. The van der Waals surface area contributed by atoms with Gasteiger partial charge in [-0.15, -0.1) is 0 Å². The average Bonchev–Trinajstić information content (AvgIpc) is 2.76. The van der Waals surface area contributed by atoms with Crippen LogP contribution in [0.1, 0.15) is 56.8 Å². The van der Waals surface area contributed by atoms with Gasteiger partial charge in [-0.2, -0.15) is 11.8 Å². The minimum Gasteiger partial charge on any atom is -0.387 e. The second-order valence-electron chi connectivity index (χ2n) is 5.49. The number of benzene rings is 1. The molecule has 1 fully saturated rings. The Bertz CT molecular complexity index is 363. The molecule has 0 amide bonds. The second-order valence-corrected chi connectivity index (χ2v) is 7.12. The molecule has 2 unspecified atom stereocenters. The molecular formula is C15H22OS. The lowest BCUT2D eigenvalue weighted by Gasteiger charge is -2.29. The molecule has 0 radical (unpaired) electrons. The van der Waals surface area contributed by atoms with Gasteiger partial charge in [0.25, 0.3) is 0 Å². The molecule has 1 aromatic rings. The van der Waals surface area contributed by atoms with Crippen molar-refractivity contribution >= 4 is 11.8 Å². The summed E-state index contributed by atoms with van der Waals surface area (Å²) in [5.74, 6) is 1.73. The van der Waals surface area contributed by atoms with E-state index < -0.39 is 0 Å². The van der Waals surface area contributed by atoms with Gasteiger partial charge in [0.1, 0.15) is 0 Å². The van der Waals surface area contributed by atoms with Crippen LogP contribution in [0.4, 0.5) is 0 Å². The zero-order valence-corrected chi connectivity index (χ0v) is 11.8. The third-order valence-corrected chi connectivity index (χ3v) is 5.33. The van der Waals surface area contributed by atoms with E-state index in [0.717, 1.165) is 12.0 Å². The highest BCUT2D eigenvalue weighted by molar-refractivity contribution is 8.00. The van der Waals surface area contributed by atoms with Crippen LogP contribution in [-0.4, -0.2) is 15.6 Å². The normalized spacial score (nSPS) is 26.4. The third kappa shape index (κ3) is 2.69. The molecule has 0 spiro atoms. The van der Waals surface area contributed by atoms with Gasteiger partial charge in [0.2, 0.25) is 0 Å². The number of thioether (sulfide) groups is 1. The summed E-state index contributed by atoms with van der Waals surface area (Å²) in [5.41, 5.74) is 2.40. The summed E-state index contributed by atoms with van der Waals surface area (Å²) in [6.07, 6.45) is 2.00. The first-order valence-corrected chi connectivity index (χ1v) is 7.43. The quantitative estimate of drug-likeness (QED) is 0.870. The van der Waals surface area contributed by atoms with Crippen molar-refractivity contribution in [3.63, 3.8) is 0 Å². The molecule has 1 N–H and O–H groups in total. The van der Waals surface area contributed by atoms with E-state index in [9.17, 15) is 5.11 Å². The molecule has 17 heavy (non-hydrogen) atoms. The fourth-order valence-corrected chi connectivity index (χ4v) is 3.77. The molecule has 0 saturated carbocycles. The Morgan fingerprint density at radius 1 is 1.18 bits per heavy atom. The van der Waals surface area contributed by atoms with Crippen molar-refractivity contribution in [1.29, 1.82) is 0 Å². The fraction of sp³-hybridized carbons (Fsp3) is 0.600. The van der Waals surface area contributed by atoms with E-state index in [1.165, 1.54) is 17.7 Å². The SMILES string of the molecule is CC(C)c1ccc(C(O)C2(C)CCCS2)cc1. The first-order chi connectivity index (χ1) is 8.03. The lowest BCUT2D eigenvalue weighted by atomic mass is 9.91. The number of aliphatic hydroxyl groups excluding tert-OH is 1. The van der Waals surface area contributed by atoms with Crippen molar-refractivity contribution in [1.82, 2.24) is 0 Å². The van der Waals surface area contributed by atoms with Crippen LogP contribution in [-0.2, 0) is 0 Å². The zero-order chi connectivity index (χ0) is 12.5. The highest BCUT2D eigenvalue weighted by Crippen LogP contribution is 2.46. The van der Waals surface area contributed by atoms with Gasteiger partial charge in [-0.05, 0) is 42.6 Å². The van der Waals surface area contributed by atoms with Crippen LogP contribution < -0.4 is 0 Å². The highest BCUT2D eigenvalue weighted by atomic mass is 32.2. The molecular weight excluding hydrogens is 228 g/mol. The molecule has 0 bridgehead atoms. The van der Waals surface area contributed by atoms with E-state index in [0.29, 0.717) is 5.92 Å². The smallest absolute Gasteiger partial charge is 0.0933 e. The van der Waals surface area contributed by atoms with Gasteiger partial charge in [-0.3, -0.25) is 0 Å². The van der Waals surface area contributed by atoms with Crippen LogP contribution in [0, 0.1) is 0 Å². The topological polar surface area (TPSA) is 20.2 Å². The molecule has 1 nitrogen and oxygen atoms in total. The maximum Gasteiger partial charge on any atom is 0.0933 e. The standard InChI is InChI=1S/C15H22OS/c1-11(2)12-5-7-13(8-6-12)14(16)15(3)9-4-10-17-15/h5-8,11,14,16H,4,9-10H2,1-3H3. The third-order valence-electron chi connectivity index (χ3n) is 3.75. The van der Waals surface area contributed by atoms with Gasteiger partial charge in [0, 0.05) is 4.75 Å². The first kappa shape index (κ1) is 13.0. The molecule has 1 aliphatic rings.